The lowest BCUT2D eigenvalue weighted by Gasteiger charge is -2.12. The van der Waals surface area contributed by atoms with Crippen LogP contribution in [0, 0.1) is 0 Å². The molecule has 0 amide bonds. The zero-order chi connectivity index (χ0) is 13.0. The van der Waals surface area contributed by atoms with Gasteiger partial charge in [-0.25, -0.2) is 4.68 Å². The van der Waals surface area contributed by atoms with Crippen LogP contribution in [0.4, 0.5) is 0 Å². The summed E-state index contributed by atoms with van der Waals surface area (Å²) in [6, 6.07) is 2.42. The molecule has 2 rings (SSSR count). The minimum atomic E-state index is 0.342. The van der Waals surface area contributed by atoms with Crippen molar-refractivity contribution in [2.45, 2.75) is 39.3 Å². The van der Waals surface area contributed by atoms with E-state index < -0.39 is 0 Å². The molecule has 0 bridgehead atoms. The first-order valence-corrected chi connectivity index (χ1v) is 6.16. The van der Waals surface area contributed by atoms with Gasteiger partial charge in [-0.15, -0.1) is 5.10 Å². The fourth-order valence-electron chi connectivity index (χ4n) is 1.94. The van der Waals surface area contributed by atoms with Gasteiger partial charge in [-0.05, 0) is 18.9 Å². The van der Waals surface area contributed by atoms with Crippen molar-refractivity contribution in [3.05, 3.63) is 29.8 Å². The molecule has 96 valence electrons. The summed E-state index contributed by atoms with van der Waals surface area (Å²) in [4.78, 5) is 10.5. The maximum Gasteiger partial charge on any atom is 0.171 e. The monoisotopic (exact) mass is 247 g/mol. The lowest BCUT2D eigenvalue weighted by atomic mass is 10.2. The fourth-order valence-corrected chi connectivity index (χ4v) is 1.94. The van der Waals surface area contributed by atoms with E-state index in [0.29, 0.717) is 24.6 Å². The molecule has 6 nitrogen and oxygen atoms in total. The molecule has 0 atom stereocenters. The number of carbonyl (C=O) groups is 1. The number of aromatic nitrogens is 5. The van der Waals surface area contributed by atoms with Crippen LogP contribution >= 0.6 is 0 Å². The third-order valence-electron chi connectivity index (χ3n) is 2.98. The molecule has 0 spiro atoms. The summed E-state index contributed by atoms with van der Waals surface area (Å²) in [5.41, 5.74) is 1.26. The second-order valence-electron chi connectivity index (χ2n) is 4.22. The Kier molecular flexibility index (Phi) is 3.86. The largest absolute Gasteiger partial charge is 0.296 e. The van der Waals surface area contributed by atoms with Gasteiger partial charge >= 0.3 is 0 Å². The Morgan fingerprint density at radius 1 is 1.39 bits per heavy atom. The summed E-state index contributed by atoms with van der Waals surface area (Å²) in [7, 11) is 0. The topological polar surface area (TPSA) is 65.6 Å². The Labute approximate surface area is 106 Å². The number of aldehydes is 1. The smallest absolute Gasteiger partial charge is 0.171 e. The van der Waals surface area contributed by atoms with Crippen molar-refractivity contribution in [1.29, 1.82) is 0 Å². The Balaban J connectivity index is 2.08. The van der Waals surface area contributed by atoms with E-state index in [0.717, 1.165) is 18.5 Å². The second-order valence-corrected chi connectivity index (χ2v) is 4.22. The third kappa shape index (κ3) is 2.64. The molecule has 0 unspecified atom stereocenters. The van der Waals surface area contributed by atoms with Crippen molar-refractivity contribution in [3.63, 3.8) is 0 Å². The average Bonchev–Trinajstić information content (AvgIpc) is 3.01. The van der Waals surface area contributed by atoms with E-state index in [2.05, 4.69) is 29.3 Å². The number of rotatable bonds is 6. The molecule has 0 N–H and O–H groups in total. The van der Waals surface area contributed by atoms with Crippen molar-refractivity contribution in [1.82, 2.24) is 24.8 Å². The molecule has 0 saturated carbocycles. The number of hydrogen-bond donors (Lipinski definition) is 0. The average molecular weight is 247 g/mol. The molecule has 0 saturated heterocycles. The van der Waals surface area contributed by atoms with Gasteiger partial charge in [-0.3, -0.25) is 9.48 Å². The predicted molar refractivity (Wildman–Crippen MR) is 66.4 cm³/mol. The van der Waals surface area contributed by atoms with Crippen LogP contribution in [0.2, 0.25) is 0 Å². The van der Waals surface area contributed by atoms with Crippen molar-refractivity contribution < 1.29 is 4.79 Å². The van der Waals surface area contributed by atoms with E-state index in [1.165, 1.54) is 0 Å². The SMILES string of the molecule is CCC(CC)n1ccc(Cn2cc(C=O)nn2)n1. The van der Waals surface area contributed by atoms with Gasteiger partial charge in [0, 0.05) is 6.20 Å². The number of hydrogen-bond acceptors (Lipinski definition) is 4. The molecule has 2 aromatic heterocycles. The summed E-state index contributed by atoms with van der Waals surface area (Å²) in [6.45, 7) is 4.85. The van der Waals surface area contributed by atoms with Gasteiger partial charge in [0.05, 0.1) is 24.5 Å². The Morgan fingerprint density at radius 2 is 2.17 bits per heavy atom. The van der Waals surface area contributed by atoms with Gasteiger partial charge in [-0.2, -0.15) is 5.10 Å². The highest BCUT2D eigenvalue weighted by Crippen LogP contribution is 2.14. The maximum atomic E-state index is 10.5. The van der Waals surface area contributed by atoms with Crippen molar-refractivity contribution in [2.75, 3.05) is 0 Å². The minimum absolute atomic E-state index is 0.342. The van der Waals surface area contributed by atoms with Gasteiger partial charge in [0.25, 0.3) is 0 Å². The summed E-state index contributed by atoms with van der Waals surface area (Å²) >= 11 is 0. The molecule has 0 aliphatic heterocycles. The van der Waals surface area contributed by atoms with Crippen LogP contribution in [0.5, 0.6) is 0 Å². The van der Waals surface area contributed by atoms with Crippen molar-refractivity contribution >= 4 is 6.29 Å². The standard InChI is InChI=1S/C12H17N5O/c1-3-12(4-2)17-6-5-10(14-17)7-16-8-11(9-18)13-15-16/h5-6,8-9,12H,3-4,7H2,1-2H3. The highest BCUT2D eigenvalue weighted by molar-refractivity contribution is 5.70. The van der Waals surface area contributed by atoms with Gasteiger partial charge in [0.2, 0.25) is 0 Å². The first-order chi connectivity index (χ1) is 8.76. The zero-order valence-electron chi connectivity index (χ0n) is 10.7. The van der Waals surface area contributed by atoms with Crippen LogP contribution < -0.4 is 0 Å². The van der Waals surface area contributed by atoms with Gasteiger partial charge in [0.1, 0.15) is 5.69 Å². The summed E-state index contributed by atoms with van der Waals surface area (Å²) in [6.07, 6.45) is 6.42. The lowest BCUT2D eigenvalue weighted by molar-refractivity contribution is 0.111. The Morgan fingerprint density at radius 3 is 2.78 bits per heavy atom. The Hall–Kier alpha value is -1.98. The van der Waals surface area contributed by atoms with Crippen LogP contribution in [-0.4, -0.2) is 31.1 Å². The molecule has 0 aromatic carbocycles. The number of carbonyl (C=O) groups excluding carboxylic acids is 1. The first kappa shape index (κ1) is 12.5. The molecule has 0 radical (unpaired) electrons. The molecule has 0 fully saturated rings. The maximum absolute atomic E-state index is 10.5. The van der Waals surface area contributed by atoms with Crippen molar-refractivity contribution in [3.8, 4) is 0 Å². The minimum Gasteiger partial charge on any atom is -0.296 e. The van der Waals surface area contributed by atoms with Gasteiger partial charge in [-0.1, -0.05) is 19.1 Å². The normalized spacial score (nSPS) is 11.1. The molecule has 6 heteroatoms. The molecular weight excluding hydrogens is 230 g/mol. The number of nitrogens with zero attached hydrogens (tertiary/aromatic N) is 5. The highest BCUT2D eigenvalue weighted by atomic mass is 16.1. The summed E-state index contributed by atoms with van der Waals surface area (Å²) < 4.78 is 3.61. The highest BCUT2D eigenvalue weighted by Gasteiger charge is 2.08. The molecule has 2 heterocycles. The molecule has 2 aromatic rings. The zero-order valence-corrected chi connectivity index (χ0v) is 10.7. The summed E-state index contributed by atoms with van der Waals surface area (Å²) in [5.74, 6) is 0. The molecule has 0 aliphatic carbocycles. The van der Waals surface area contributed by atoms with Crippen LogP contribution in [0.25, 0.3) is 0 Å². The van der Waals surface area contributed by atoms with E-state index in [1.807, 2.05) is 16.9 Å². The van der Waals surface area contributed by atoms with Crippen molar-refractivity contribution in [2.24, 2.45) is 0 Å². The summed E-state index contributed by atoms with van der Waals surface area (Å²) in [5, 5.41) is 12.1. The van der Waals surface area contributed by atoms with E-state index in [4.69, 9.17) is 0 Å². The molecular formula is C12H17N5O. The van der Waals surface area contributed by atoms with Crippen LogP contribution in [0.1, 0.15) is 48.9 Å². The molecule has 18 heavy (non-hydrogen) atoms. The lowest BCUT2D eigenvalue weighted by Crippen LogP contribution is -2.09. The Bertz CT molecular complexity index is 512. The van der Waals surface area contributed by atoms with Gasteiger partial charge < -0.3 is 0 Å². The van der Waals surface area contributed by atoms with E-state index in [9.17, 15) is 4.79 Å². The second kappa shape index (κ2) is 5.57. The van der Waals surface area contributed by atoms with E-state index in [1.54, 1.807) is 10.9 Å². The quantitative estimate of drug-likeness (QED) is 0.729. The van der Waals surface area contributed by atoms with Crippen LogP contribution in [0.15, 0.2) is 18.5 Å². The van der Waals surface area contributed by atoms with Gasteiger partial charge in [0.15, 0.2) is 6.29 Å². The predicted octanol–water partition coefficient (Wildman–Crippen LogP) is 1.70. The third-order valence-corrected chi connectivity index (χ3v) is 2.98. The van der Waals surface area contributed by atoms with Crippen LogP contribution in [0.3, 0.4) is 0 Å². The van der Waals surface area contributed by atoms with E-state index >= 15 is 0 Å². The first-order valence-electron chi connectivity index (χ1n) is 6.16. The van der Waals surface area contributed by atoms with Crippen LogP contribution in [-0.2, 0) is 6.54 Å². The fraction of sp³-hybridized carbons (Fsp3) is 0.500. The van der Waals surface area contributed by atoms with E-state index in [-0.39, 0.29) is 0 Å². The molecule has 0 aliphatic rings.